The third-order valence-electron chi connectivity index (χ3n) is 2.88. The predicted molar refractivity (Wildman–Crippen MR) is 75.8 cm³/mol. The Hall–Kier alpha value is -1.25. The van der Waals surface area contributed by atoms with Gasteiger partial charge in [0.25, 0.3) is 0 Å². The van der Waals surface area contributed by atoms with Gasteiger partial charge in [-0.25, -0.2) is 0 Å². The molecule has 0 aromatic carbocycles. The maximum atomic E-state index is 4.17. The first-order valence-corrected chi connectivity index (χ1v) is 6.61. The SMILES string of the molecule is CCCCCCCNc1cnccc1N(C)C. The van der Waals surface area contributed by atoms with E-state index in [4.69, 9.17) is 0 Å². The van der Waals surface area contributed by atoms with Crippen molar-refractivity contribution in [3.63, 3.8) is 0 Å². The highest BCUT2D eigenvalue weighted by Crippen LogP contribution is 2.22. The third-order valence-corrected chi connectivity index (χ3v) is 2.88. The molecule has 1 aromatic heterocycles. The fraction of sp³-hybridized carbons (Fsp3) is 0.643. The predicted octanol–water partition coefficient (Wildman–Crippen LogP) is 3.53. The number of rotatable bonds is 8. The molecule has 0 aliphatic carbocycles. The van der Waals surface area contributed by atoms with Crippen molar-refractivity contribution in [2.24, 2.45) is 0 Å². The first-order valence-electron chi connectivity index (χ1n) is 6.61. The minimum atomic E-state index is 1.04. The molecule has 0 saturated carbocycles. The summed E-state index contributed by atoms with van der Waals surface area (Å²) in [7, 11) is 4.11. The van der Waals surface area contributed by atoms with Gasteiger partial charge in [0.15, 0.2) is 0 Å². The lowest BCUT2D eigenvalue weighted by molar-refractivity contribution is 0.645. The molecule has 0 unspecified atom stereocenters. The fourth-order valence-electron chi connectivity index (χ4n) is 1.86. The van der Waals surface area contributed by atoms with E-state index in [0.29, 0.717) is 0 Å². The highest BCUT2D eigenvalue weighted by Gasteiger charge is 2.02. The Bertz CT molecular complexity index is 310. The van der Waals surface area contributed by atoms with Crippen molar-refractivity contribution >= 4 is 11.4 Å². The quantitative estimate of drug-likeness (QED) is 0.699. The molecule has 0 aliphatic heterocycles. The van der Waals surface area contributed by atoms with E-state index in [1.165, 1.54) is 37.8 Å². The molecule has 0 amide bonds. The van der Waals surface area contributed by atoms with E-state index < -0.39 is 0 Å². The van der Waals surface area contributed by atoms with Gasteiger partial charge in [-0.2, -0.15) is 0 Å². The molecule has 3 nitrogen and oxygen atoms in total. The molecule has 0 fully saturated rings. The van der Waals surface area contributed by atoms with Crippen molar-refractivity contribution in [3.05, 3.63) is 18.5 Å². The van der Waals surface area contributed by atoms with Gasteiger partial charge in [0.05, 0.1) is 17.6 Å². The summed E-state index contributed by atoms with van der Waals surface area (Å²) in [4.78, 5) is 6.28. The highest BCUT2D eigenvalue weighted by molar-refractivity contribution is 5.67. The van der Waals surface area contributed by atoms with Gasteiger partial charge in [-0.3, -0.25) is 4.98 Å². The van der Waals surface area contributed by atoms with Crippen molar-refractivity contribution in [2.45, 2.75) is 39.0 Å². The molecular formula is C14H25N3. The molecule has 1 aromatic rings. The number of nitrogens with zero attached hydrogens (tertiary/aromatic N) is 2. The first-order chi connectivity index (χ1) is 8.25. The van der Waals surface area contributed by atoms with E-state index in [0.717, 1.165) is 12.2 Å². The number of unbranched alkanes of at least 4 members (excludes halogenated alkanes) is 4. The van der Waals surface area contributed by atoms with Crippen LogP contribution in [0.2, 0.25) is 0 Å². The molecular weight excluding hydrogens is 210 g/mol. The van der Waals surface area contributed by atoms with Crippen LogP contribution in [0.4, 0.5) is 11.4 Å². The average molecular weight is 235 g/mol. The molecule has 0 radical (unpaired) electrons. The molecule has 0 spiro atoms. The standard InChI is InChI=1S/C14H25N3/c1-4-5-6-7-8-10-16-13-12-15-11-9-14(13)17(2)3/h9,11-12,16H,4-8,10H2,1-3H3. The van der Waals surface area contributed by atoms with Crippen molar-refractivity contribution in [1.29, 1.82) is 0 Å². The Balaban J connectivity index is 2.31. The minimum Gasteiger partial charge on any atom is -0.382 e. The molecule has 0 atom stereocenters. The summed E-state index contributed by atoms with van der Waals surface area (Å²) in [5.41, 5.74) is 2.33. The zero-order chi connectivity index (χ0) is 12.5. The molecule has 3 heteroatoms. The summed E-state index contributed by atoms with van der Waals surface area (Å²) < 4.78 is 0. The summed E-state index contributed by atoms with van der Waals surface area (Å²) >= 11 is 0. The molecule has 17 heavy (non-hydrogen) atoms. The third kappa shape index (κ3) is 5.07. The largest absolute Gasteiger partial charge is 0.382 e. The lowest BCUT2D eigenvalue weighted by atomic mass is 10.1. The summed E-state index contributed by atoms with van der Waals surface area (Å²) in [6, 6.07) is 2.04. The molecule has 0 bridgehead atoms. The summed E-state index contributed by atoms with van der Waals surface area (Å²) in [6.07, 6.45) is 10.3. The van der Waals surface area contributed by atoms with Crippen LogP contribution >= 0.6 is 0 Å². The Morgan fingerprint density at radius 1 is 1.18 bits per heavy atom. The molecule has 96 valence electrons. The van der Waals surface area contributed by atoms with Crippen molar-refractivity contribution in [1.82, 2.24) is 4.98 Å². The van der Waals surface area contributed by atoms with Gasteiger partial charge in [-0.1, -0.05) is 32.6 Å². The van der Waals surface area contributed by atoms with E-state index in [-0.39, 0.29) is 0 Å². The minimum absolute atomic E-state index is 1.04. The number of anilines is 2. The van der Waals surface area contributed by atoms with E-state index in [1.807, 2.05) is 18.5 Å². The summed E-state index contributed by atoms with van der Waals surface area (Å²) in [5.74, 6) is 0. The average Bonchev–Trinajstić information content (AvgIpc) is 2.34. The van der Waals surface area contributed by atoms with E-state index >= 15 is 0 Å². The van der Waals surface area contributed by atoms with Gasteiger partial charge in [-0.05, 0) is 12.5 Å². The van der Waals surface area contributed by atoms with Crippen LogP contribution < -0.4 is 10.2 Å². The molecule has 0 saturated heterocycles. The van der Waals surface area contributed by atoms with Crippen molar-refractivity contribution < 1.29 is 0 Å². The number of pyridine rings is 1. The number of hydrogen-bond acceptors (Lipinski definition) is 3. The first kappa shape index (κ1) is 13.8. The molecule has 0 aliphatic rings. The fourth-order valence-corrected chi connectivity index (χ4v) is 1.86. The van der Waals surface area contributed by atoms with Gasteiger partial charge in [0, 0.05) is 26.8 Å². The zero-order valence-corrected chi connectivity index (χ0v) is 11.4. The Morgan fingerprint density at radius 3 is 2.65 bits per heavy atom. The Morgan fingerprint density at radius 2 is 1.94 bits per heavy atom. The number of aromatic nitrogens is 1. The van der Waals surface area contributed by atoms with Crippen LogP contribution in [0.5, 0.6) is 0 Å². The van der Waals surface area contributed by atoms with Crippen molar-refractivity contribution in [3.8, 4) is 0 Å². The second-order valence-electron chi connectivity index (χ2n) is 4.63. The molecule has 1 N–H and O–H groups in total. The normalized spacial score (nSPS) is 10.3. The van der Waals surface area contributed by atoms with Crippen LogP contribution in [0.1, 0.15) is 39.0 Å². The summed E-state index contributed by atoms with van der Waals surface area (Å²) in [5, 5.41) is 3.47. The van der Waals surface area contributed by atoms with E-state index in [2.05, 4.69) is 36.2 Å². The Kier molecular flexibility index (Phi) is 6.45. The van der Waals surface area contributed by atoms with Crippen LogP contribution in [-0.2, 0) is 0 Å². The maximum absolute atomic E-state index is 4.17. The smallest absolute Gasteiger partial charge is 0.0764 e. The van der Waals surface area contributed by atoms with Crippen molar-refractivity contribution in [2.75, 3.05) is 30.9 Å². The lowest BCUT2D eigenvalue weighted by Crippen LogP contribution is -2.13. The number of nitrogens with one attached hydrogen (secondary N) is 1. The van der Waals surface area contributed by atoms with Crippen LogP contribution in [-0.4, -0.2) is 25.6 Å². The van der Waals surface area contributed by atoms with Gasteiger partial charge in [0.2, 0.25) is 0 Å². The van der Waals surface area contributed by atoms with Crippen LogP contribution in [0.25, 0.3) is 0 Å². The van der Waals surface area contributed by atoms with Crippen LogP contribution in [0.15, 0.2) is 18.5 Å². The Labute approximate surface area is 105 Å². The second kappa shape index (κ2) is 7.93. The van der Waals surface area contributed by atoms with Gasteiger partial charge in [-0.15, -0.1) is 0 Å². The monoisotopic (exact) mass is 235 g/mol. The number of hydrogen-bond donors (Lipinski definition) is 1. The van der Waals surface area contributed by atoms with E-state index in [1.54, 1.807) is 0 Å². The molecule has 1 heterocycles. The maximum Gasteiger partial charge on any atom is 0.0764 e. The van der Waals surface area contributed by atoms with E-state index in [9.17, 15) is 0 Å². The van der Waals surface area contributed by atoms with Crippen LogP contribution in [0.3, 0.4) is 0 Å². The molecule has 1 rings (SSSR count). The van der Waals surface area contributed by atoms with Gasteiger partial charge >= 0.3 is 0 Å². The lowest BCUT2D eigenvalue weighted by Gasteiger charge is -2.17. The second-order valence-corrected chi connectivity index (χ2v) is 4.63. The summed E-state index contributed by atoms with van der Waals surface area (Å²) in [6.45, 7) is 3.29. The zero-order valence-electron chi connectivity index (χ0n) is 11.4. The van der Waals surface area contributed by atoms with Gasteiger partial charge < -0.3 is 10.2 Å². The highest BCUT2D eigenvalue weighted by atomic mass is 15.1. The van der Waals surface area contributed by atoms with Crippen LogP contribution in [0, 0.1) is 0 Å². The topological polar surface area (TPSA) is 28.2 Å². The van der Waals surface area contributed by atoms with Gasteiger partial charge in [0.1, 0.15) is 0 Å².